The van der Waals surface area contributed by atoms with Crippen LogP contribution in [0.3, 0.4) is 0 Å². The smallest absolute Gasteiger partial charge is 0.408 e. The molecule has 1 fully saturated rings. The first kappa shape index (κ1) is 27.8. The number of hydrogen-bond acceptors (Lipinski definition) is 9. The second kappa shape index (κ2) is 11.4. The van der Waals surface area contributed by atoms with Crippen LogP contribution < -0.4 is 25.8 Å². The number of para-hydroxylation sites is 2. The van der Waals surface area contributed by atoms with Crippen molar-refractivity contribution in [1.29, 1.82) is 0 Å². The lowest BCUT2D eigenvalue weighted by molar-refractivity contribution is -0.126. The van der Waals surface area contributed by atoms with Crippen LogP contribution in [0.1, 0.15) is 39.2 Å². The second-order valence-corrected chi connectivity index (χ2v) is 10.9. The van der Waals surface area contributed by atoms with E-state index in [1.165, 1.54) is 6.33 Å². The monoisotopic (exact) mass is 558 g/mol. The van der Waals surface area contributed by atoms with Crippen LogP contribution in [0.4, 0.5) is 16.3 Å². The number of fused-ring (bicyclic) bond motifs is 1. The second-order valence-electron chi connectivity index (χ2n) is 10.9. The Labute approximate surface area is 237 Å². The summed E-state index contributed by atoms with van der Waals surface area (Å²) in [6, 6.07) is 16.8. The predicted molar refractivity (Wildman–Crippen MR) is 154 cm³/mol. The van der Waals surface area contributed by atoms with Crippen molar-refractivity contribution < 1.29 is 19.1 Å². The summed E-state index contributed by atoms with van der Waals surface area (Å²) in [7, 11) is 0. The number of nitrogens with two attached hydrogens (primary N) is 1. The van der Waals surface area contributed by atoms with Crippen molar-refractivity contribution in [3.8, 4) is 5.75 Å². The average molecular weight is 559 g/mol. The Morgan fingerprint density at radius 2 is 1.76 bits per heavy atom. The molecular weight excluding hydrogens is 524 g/mol. The minimum atomic E-state index is -1.33. The van der Waals surface area contributed by atoms with Gasteiger partial charge < -0.3 is 24.7 Å². The SMILES string of the molecule is CC(C)(C)OC(=O)NC1(C(=O)N(N)c2ccccc2OCc2ccccc2)CCN(c2ncnc3nc[nH]c23)CC1. The number of alkyl carbamates (subject to hydrolysis) is 1. The molecule has 4 aromatic rings. The van der Waals surface area contributed by atoms with Crippen molar-refractivity contribution in [3.63, 3.8) is 0 Å². The number of H-pyrrole nitrogens is 1. The number of hydrogen-bond donors (Lipinski definition) is 3. The number of nitrogens with one attached hydrogen (secondary N) is 2. The third-order valence-corrected chi connectivity index (χ3v) is 6.85. The summed E-state index contributed by atoms with van der Waals surface area (Å²) in [6.07, 6.45) is 2.84. The molecule has 0 bridgehead atoms. The van der Waals surface area contributed by atoms with E-state index in [-0.39, 0.29) is 12.8 Å². The molecule has 41 heavy (non-hydrogen) atoms. The van der Waals surface area contributed by atoms with Gasteiger partial charge in [-0.1, -0.05) is 42.5 Å². The third-order valence-electron chi connectivity index (χ3n) is 6.85. The molecule has 2 amide bonds. The fraction of sp³-hybridized carbons (Fsp3) is 0.345. The van der Waals surface area contributed by atoms with Gasteiger partial charge in [0.05, 0.1) is 6.33 Å². The lowest BCUT2D eigenvalue weighted by Gasteiger charge is -2.43. The highest BCUT2D eigenvalue weighted by Crippen LogP contribution is 2.33. The van der Waals surface area contributed by atoms with Crippen LogP contribution in [0, 0.1) is 0 Å². The summed E-state index contributed by atoms with van der Waals surface area (Å²) in [5.74, 6) is 7.14. The Balaban J connectivity index is 1.39. The lowest BCUT2D eigenvalue weighted by atomic mass is 9.86. The maximum Gasteiger partial charge on any atom is 0.408 e. The number of benzene rings is 2. The Bertz CT molecular complexity index is 1510. The van der Waals surface area contributed by atoms with Gasteiger partial charge in [-0.15, -0.1) is 0 Å². The number of hydrazine groups is 1. The van der Waals surface area contributed by atoms with E-state index in [9.17, 15) is 9.59 Å². The molecule has 0 radical (unpaired) electrons. The van der Waals surface area contributed by atoms with Crippen molar-refractivity contribution in [2.75, 3.05) is 23.0 Å². The number of carbonyl (C=O) groups is 2. The van der Waals surface area contributed by atoms with Gasteiger partial charge in [-0.3, -0.25) is 4.79 Å². The first-order valence-electron chi connectivity index (χ1n) is 13.4. The standard InChI is InChI=1S/C29H34N8O4/c1-28(2,3)41-27(39)35-29(13-15-36(16-14-29)25-23-24(32-18-31-23)33-19-34-25)26(38)37(30)21-11-7-8-12-22(21)40-17-20-9-5-4-6-10-20/h4-12,18-19H,13-17,30H2,1-3H3,(H,35,39)(H,31,32,33,34). The topological polar surface area (TPSA) is 152 Å². The molecule has 1 aliphatic heterocycles. The molecule has 0 atom stereocenters. The molecule has 0 saturated carbocycles. The van der Waals surface area contributed by atoms with Gasteiger partial charge in [0.1, 0.15) is 41.0 Å². The fourth-order valence-corrected chi connectivity index (χ4v) is 4.84. The highest BCUT2D eigenvalue weighted by atomic mass is 16.6. The van der Waals surface area contributed by atoms with Crippen LogP contribution >= 0.6 is 0 Å². The average Bonchev–Trinajstić information content (AvgIpc) is 3.45. The summed E-state index contributed by atoms with van der Waals surface area (Å²) in [6.45, 7) is 6.43. The van der Waals surface area contributed by atoms with Crippen molar-refractivity contribution in [2.24, 2.45) is 5.84 Å². The maximum atomic E-state index is 14.2. The lowest BCUT2D eigenvalue weighted by Crippen LogP contribution is -2.65. The number of rotatable bonds is 7. The highest BCUT2D eigenvalue weighted by molar-refractivity contribution is 6.02. The Morgan fingerprint density at radius 1 is 1.05 bits per heavy atom. The molecule has 3 heterocycles. The van der Waals surface area contributed by atoms with Gasteiger partial charge in [0, 0.05) is 13.1 Å². The molecule has 5 rings (SSSR count). The minimum Gasteiger partial charge on any atom is -0.487 e. The van der Waals surface area contributed by atoms with Gasteiger partial charge in [0.25, 0.3) is 5.91 Å². The van der Waals surface area contributed by atoms with Crippen LogP contribution in [0.15, 0.2) is 67.3 Å². The van der Waals surface area contributed by atoms with Crippen molar-refractivity contribution in [2.45, 2.75) is 51.4 Å². The molecule has 1 aliphatic rings. The van der Waals surface area contributed by atoms with Gasteiger partial charge >= 0.3 is 6.09 Å². The van der Waals surface area contributed by atoms with Crippen molar-refractivity contribution in [3.05, 3.63) is 72.8 Å². The number of imidazole rings is 1. The highest BCUT2D eigenvalue weighted by Gasteiger charge is 2.46. The van der Waals surface area contributed by atoms with Crippen LogP contribution in [-0.4, -0.2) is 56.2 Å². The van der Waals surface area contributed by atoms with Crippen LogP contribution in [0.25, 0.3) is 11.2 Å². The van der Waals surface area contributed by atoms with E-state index in [0.717, 1.165) is 10.6 Å². The number of ether oxygens (including phenoxy) is 2. The van der Waals surface area contributed by atoms with Crippen LogP contribution in [0.2, 0.25) is 0 Å². The van der Waals surface area contributed by atoms with E-state index in [4.69, 9.17) is 15.3 Å². The fourth-order valence-electron chi connectivity index (χ4n) is 4.84. The summed E-state index contributed by atoms with van der Waals surface area (Å²) in [5.41, 5.74) is 0.536. The molecule has 214 valence electrons. The Morgan fingerprint density at radius 3 is 2.49 bits per heavy atom. The summed E-state index contributed by atoms with van der Waals surface area (Å²) < 4.78 is 11.6. The molecule has 0 aliphatic carbocycles. The normalized spacial score (nSPS) is 14.9. The van der Waals surface area contributed by atoms with Crippen LogP contribution in [-0.2, 0) is 16.1 Å². The van der Waals surface area contributed by atoms with E-state index < -0.39 is 23.1 Å². The minimum absolute atomic E-state index is 0.255. The quantitative estimate of drug-likeness (QED) is 0.175. The number of aromatic nitrogens is 4. The van der Waals surface area contributed by atoms with E-state index >= 15 is 0 Å². The zero-order chi connectivity index (χ0) is 29.0. The van der Waals surface area contributed by atoms with E-state index in [1.54, 1.807) is 45.3 Å². The number of anilines is 2. The maximum absolute atomic E-state index is 14.2. The molecule has 1 saturated heterocycles. The van der Waals surface area contributed by atoms with E-state index in [1.807, 2.05) is 41.3 Å². The first-order valence-corrected chi connectivity index (χ1v) is 13.4. The van der Waals surface area contributed by atoms with Gasteiger partial charge in [-0.25, -0.2) is 30.6 Å². The van der Waals surface area contributed by atoms with Crippen LogP contribution in [0.5, 0.6) is 5.75 Å². The summed E-state index contributed by atoms with van der Waals surface area (Å²) >= 11 is 0. The summed E-state index contributed by atoms with van der Waals surface area (Å²) in [4.78, 5) is 45.1. The van der Waals surface area contributed by atoms with E-state index in [0.29, 0.717) is 48.1 Å². The Kier molecular flexibility index (Phi) is 7.75. The van der Waals surface area contributed by atoms with Gasteiger partial charge in [0.15, 0.2) is 11.5 Å². The number of amides is 2. The number of aromatic amines is 1. The first-order chi connectivity index (χ1) is 19.7. The largest absolute Gasteiger partial charge is 0.487 e. The molecule has 0 spiro atoms. The zero-order valence-electron chi connectivity index (χ0n) is 23.3. The molecule has 4 N–H and O–H groups in total. The van der Waals surface area contributed by atoms with Gasteiger partial charge in [-0.05, 0) is 51.3 Å². The van der Waals surface area contributed by atoms with Gasteiger partial charge in [-0.2, -0.15) is 0 Å². The third kappa shape index (κ3) is 6.22. The van der Waals surface area contributed by atoms with Gasteiger partial charge in [0.2, 0.25) is 0 Å². The molecule has 12 heteroatoms. The molecular formula is C29H34N8O4. The molecule has 0 unspecified atom stereocenters. The molecule has 12 nitrogen and oxygen atoms in total. The number of carbonyl (C=O) groups excluding carboxylic acids is 2. The Hall–Kier alpha value is -4.71. The van der Waals surface area contributed by atoms with Crippen molar-refractivity contribution in [1.82, 2.24) is 25.3 Å². The molecule has 2 aromatic carbocycles. The predicted octanol–water partition coefficient (Wildman–Crippen LogP) is 3.70. The summed E-state index contributed by atoms with van der Waals surface area (Å²) in [5, 5.41) is 3.93. The van der Waals surface area contributed by atoms with E-state index in [2.05, 4.69) is 25.3 Å². The zero-order valence-corrected chi connectivity index (χ0v) is 23.3. The molecule has 2 aromatic heterocycles. The number of nitrogens with zero attached hydrogens (tertiary/aromatic N) is 5. The van der Waals surface area contributed by atoms with Crippen molar-refractivity contribution >= 4 is 34.7 Å². The number of piperidine rings is 1.